The number of rotatable bonds is 6. The van der Waals surface area contributed by atoms with Gasteiger partial charge < -0.3 is 20.5 Å². The van der Waals surface area contributed by atoms with Gasteiger partial charge in [-0.05, 0) is 45.4 Å². The van der Waals surface area contributed by atoms with E-state index in [2.05, 4.69) is 31.3 Å². The lowest BCUT2D eigenvalue weighted by Gasteiger charge is -2.18. The summed E-state index contributed by atoms with van der Waals surface area (Å²) < 4.78 is 5.07. The molecule has 150 valence electrons. The third-order valence-corrected chi connectivity index (χ3v) is 5.45. The Morgan fingerprint density at radius 2 is 2.11 bits per heavy atom. The summed E-state index contributed by atoms with van der Waals surface area (Å²) in [5, 5.41) is 19.8. The van der Waals surface area contributed by atoms with Crippen molar-refractivity contribution in [1.29, 1.82) is 0 Å². The van der Waals surface area contributed by atoms with Crippen LogP contribution in [0.4, 0.5) is 10.6 Å². The minimum absolute atomic E-state index is 0.105. The molecule has 2 aromatic rings. The number of nitrogens with zero attached hydrogens (tertiary/aromatic N) is 2. The van der Waals surface area contributed by atoms with Crippen molar-refractivity contribution in [2.24, 2.45) is 11.8 Å². The van der Waals surface area contributed by atoms with Crippen molar-refractivity contribution in [3.05, 3.63) is 29.3 Å². The van der Waals surface area contributed by atoms with Gasteiger partial charge in [0.15, 0.2) is 5.82 Å². The fourth-order valence-electron chi connectivity index (χ4n) is 4.22. The molecule has 3 amide bonds. The van der Waals surface area contributed by atoms with Crippen molar-refractivity contribution < 1.29 is 14.1 Å². The Labute approximate surface area is 163 Å². The molecular weight excluding hydrogens is 360 g/mol. The number of aromatic amines is 1. The Balaban J connectivity index is 1.32. The van der Waals surface area contributed by atoms with E-state index in [4.69, 9.17) is 4.52 Å². The lowest BCUT2D eigenvalue weighted by atomic mass is 9.98. The van der Waals surface area contributed by atoms with Gasteiger partial charge in [0.1, 0.15) is 5.76 Å². The molecule has 0 unspecified atom stereocenters. The molecule has 0 aliphatic heterocycles. The maximum absolute atomic E-state index is 12.1. The van der Waals surface area contributed by atoms with E-state index < -0.39 is 0 Å². The van der Waals surface area contributed by atoms with Gasteiger partial charge in [0.25, 0.3) is 0 Å². The number of anilines is 1. The average Bonchev–Trinajstić information content (AvgIpc) is 2.90. The van der Waals surface area contributed by atoms with Crippen molar-refractivity contribution in [2.75, 3.05) is 5.32 Å². The van der Waals surface area contributed by atoms with E-state index in [0.717, 1.165) is 24.2 Å². The SMILES string of the molecule is Cc1cc(CC(=O)Nc2cc([C@@H]3C[C@H](NC(=O)NC(C)C)[C@H]4C[C@H]43)[nH]n2)on1. The molecule has 9 heteroatoms. The zero-order valence-electron chi connectivity index (χ0n) is 16.3. The van der Waals surface area contributed by atoms with E-state index in [0.29, 0.717) is 29.3 Å². The number of H-pyrrole nitrogens is 1. The molecule has 0 saturated heterocycles. The summed E-state index contributed by atoms with van der Waals surface area (Å²) in [6.45, 7) is 5.70. The van der Waals surface area contributed by atoms with E-state index in [1.165, 1.54) is 0 Å². The molecule has 0 bridgehead atoms. The molecule has 4 N–H and O–H groups in total. The van der Waals surface area contributed by atoms with Crippen LogP contribution in [0.2, 0.25) is 0 Å². The largest absolute Gasteiger partial charge is 0.361 e. The molecule has 2 aromatic heterocycles. The summed E-state index contributed by atoms with van der Waals surface area (Å²) >= 11 is 0. The minimum atomic E-state index is -0.199. The van der Waals surface area contributed by atoms with E-state index in [9.17, 15) is 9.59 Å². The summed E-state index contributed by atoms with van der Waals surface area (Å²) in [4.78, 5) is 24.1. The highest BCUT2D eigenvalue weighted by Crippen LogP contribution is 2.59. The van der Waals surface area contributed by atoms with Crippen molar-refractivity contribution in [3.63, 3.8) is 0 Å². The first-order valence-corrected chi connectivity index (χ1v) is 9.73. The molecule has 0 radical (unpaired) electrons. The number of urea groups is 1. The molecule has 2 saturated carbocycles. The fourth-order valence-corrected chi connectivity index (χ4v) is 4.22. The van der Waals surface area contributed by atoms with Crippen LogP contribution < -0.4 is 16.0 Å². The van der Waals surface area contributed by atoms with Crippen LogP contribution in [0.25, 0.3) is 0 Å². The first-order valence-electron chi connectivity index (χ1n) is 9.73. The molecule has 2 fully saturated rings. The number of fused-ring (bicyclic) bond motifs is 1. The van der Waals surface area contributed by atoms with Gasteiger partial charge in [0, 0.05) is 35.8 Å². The zero-order valence-corrected chi connectivity index (χ0v) is 16.3. The van der Waals surface area contributed by atoms with E-state index in [-0.39, 0.29) is 30.4 Å². The zero-order chi connectivity index (χ0) is 19.8. The number of nitrogens with one attached hydrogen (secondary N) is 4. The Hall–Kier alpha value is -2.84. The fraction of sp³-hybridized carbons (Fsp3) is 0.579. The van der Waals surface area contributed by atoms with Crippen LogP contribution in [0.1, 0.15) is 49.8 Å². The van der Waals surface area contributed by atoms with Crippen molar-refractivity contribution in [3.8, 4) is 0 Å². The number of amides is 3. The predicted octanol–water partition coefficient (Wildman–Crippen LogP) is 2.09. The van der Waals surface area contributed by atoms with Crippen molar-refractivity contribution in [2.45, 2.75) is 58.0 Å². The van der Waals surface area contributed by atoms with E-state index in [1.807, 2.05) is 26.8 Å². The van der Waals surface area contributed by atoms with Crippen molar-refractivity contribution in [1.82, 2.24) is 26.0 Å². The standard InChI is InChI=1S/C19H26N6O3/c1-9(2)20-19(27)21-15-7-14(12-6-13(12)15)16-8-17(24-23-16)22-18(26)5-11-4-10(3)25-28-11/h4,8-9,12-15H,5-7H2,1-3H3,(H2,20,21,27)(H2,22,23,24,26)/t12-,13+,14-,15+/m1/s1. The maximum atomic E-state index is 12.1. The number of aryl methyl sites for hydroxylation is 1. The molecule has 2 aliphatic carbocycles. The van der Waals surface area contributed by atoms with Gasteiger partial charge in [-0.1, -0.05) is 5.16 Å². The van der Waals surface area contributed by atoms with Gasteiger partial charge in [-0.2, -0.15) is 5.10 Å². The smallest absolute Gasteiger partial charge is 0.315 e. The summed E-state index contributed by atoms with van der Waals surface area (Å²) in [5.41, 5.74) is 1.75. The summed E-state index contributed by atoms with van der Waals surface area (Å²) in [6.07, 6.45) is 2.12. The lowest BCUT2D eigenvalue weighted by molar-refractivity contribution is -0.115. The maximum Gasteiger partial charge on any atom is 0.315 e. The van der Waals surface area contributed by atoms with Crippen LogP contribution in [0.15, 0.2) is 16.7 Å². The minimum Gasteiger partial charge on any atom is -0.361 e. The van der Waals surface area contributed by atoms with Crippen LogP contribution in [0.5, 0.6) is 0 Å². The first-order chi connectivity index (χ1) is 13.4. The van der Waals surface area contributed by atoms with Crippen LogP contribution >= 0.6 is 0 Å². The normalized spacial score (nSPS) is 25.4. The summed E-state index contributed by atoms with van der Waals surface area (Å²) in [5.74, 6) is 2.24. The van der Waals surface area contributed by atoms with E-state index >= 15 is 0 Å². The molecular formula is C19H26N6O3. The Morgan fingerprint density at radius 3 is 2.82 bits per heavy atom. The second-order valence-corrected chi connectivity index (χ2v) is 8.15. The topological polar surface area (TPSA) is 125 Å². The van der Waals surface area contributed by atoms with Gasteiger partial charge in [-0.3, -0.25) is 9.89 Å². The van der Waals surface area contributed by atoms with Crippen LogP contribution in [-0.4, -0.2) is 39.4 Å². The number of hydrogen-bond donors (Lipinski definition) is 4. The number of hydrogen-bond acceptors (Lipinski definition) is 5. The second-order valence-electron chi connectivity index (χ2n) is 8.15. The number of carbonyl (C=O) groups is 2. The Morgan fingerprint density at radius 1 is 1.29 bits per heavy atom. The average molecular weight is 386 g/mol. The molecule has 9 nitrogen and oxygen atoms in total. The second kappa shape index (κ2) is 7.29. The van der Waals surface area contributed by atoms with Gasteiger partial charge in [0.2, 0.25) is 5.91 Å². The molecule has 0 spiro atoms. The third-order valence-electron chi connectivity index (χ3n) is 5.45. The third kappa shape index (κ3) is 4.02. The molecule has 4 atom stereocenters. The highest BCUT2D eigenvalue weighted by Gasteiger charge is 2.55. The van der Waals surface area contributed by atoms with Crippen LogP contribution in [0.3, 0.4) is 0 Å². The molecule has 28 heavy (non-hydrogen) atoms. The Kier molecular flexibility index (Phi) is 4.82. The predicted molar refractivity (Wildman–Crippen MR) is 102 cm³/mol. The van der Waals surface area contributed by atoms with Gasteiger partial charge in [-0.25, -0.2) is 4.79 Å². The van der Waals surface area contributed by atoms with Crippen LogP contribution in [0, 0.1) is 18.8 Å². The lowest BCUT2D eigenvalue weighted by Crippen LogP contribution is -2.44. The Bertz CT molecular complexity index is 873. The van der Waals surface area contributed by atoms with Crippen LogP contribution in [-0.2, 0) is 11.2 Å². The highest BCUT2D eigenvalue weighted by atomic mass is 16.5. The molecule has 2 heterocycles. The summed E-state index contributed by atoms with van der Waals surface area (Å²) in [6, 6.07) is 3.83. The van der Waals surface area contributed by atoms with Crippen molar-refractivity contribution >= 4 is 17.8 Å². The van der Waals surface area contributed by atoms with E-state index in [1.54, 1.807) is 6.07 Å². The van der Waals surface area contributed by atoms with Gasteiger partial charge >= 0.3 is 6.03 Å². The molecule has 2 aliphatic rings. The first kappa shape index (κ1) is 18.5. The quantitative estimate of drug-likeness (QED) is 0.605. The molecule has 4 rings (SSSR count). The molecule has 0 aromatic carbocycles. The summed E-state index contributed by atoms with van der Waals surface area (Å²) in [7, 11) is 0. The highest BCUT2D eigenvalue weighted by molar-refractivity contribution is 5.91. The number of carbonyl (C=O) groups excluding carboxylic acids is 2. The number of aromatic nitrogens is 3. The monoisotopic (exact) mass is 386 g/mol. The van der Waals surface area contributed by atoms with Gasteiger partial charge in [0.05, 0.1) is 12.1 Å². The van der Waals surface area contributed by atoms with Gasteiger partial charge in [-0.15, -0.1) is 0 Å².